The molecular weight excluding hydrogens is 259 g/mol. The molecule has 0 heterocycles. The Hall–Kier alpha value is 0.703. The second-order valence-electron chi connectivity index (χ2n) is 1.14. The number of allylic oxidation sites excluding steroid dienone is 4. The summed E-state index contributed by atoms with van der Waals surface area (Å²) in [6.07, 6.45) is 7.28. The maximum absolute atomic E-state index is 3.42. The molecule has 0 aromatic rings. The first-order chi connectivity index (χ1) is 3.83. The van der Waals surface area contributed by atoms with Gasteiger partial charge in [-0.1, -0.05) is 0 Å². The van der Waals surface area contributed by atoms with Gasteiger partial charge in [0.25, 0.3) is 0 Å². The van der Waals surface area contributed by atoms with Gasteiger partial charge in [0.2, 0.25) is 0 Å². The molecule has 0 aromatic heterocycles. The van der Waals surface area contributed by atoms with Crippen molar-refractivity contribution in [3.8, 4) is 0 Å². The van der Waals surface area contributed by atoms with Crippen LogP contribution >= 0.6 is 19.8 Å². The molecule has 0 aliphatic carbocycles. The molecule has 0 aliphatic heterocycles. The molecule has 0 saturated carbocycles. The van der Waals surface area contributed by atoms with Crippen molar-refractivity contribution in [1.29, 1.82) is 0 Å². The van der Waals surface area contributed by atoms with Crippen molar-refractivity contribution in [1.82, 2.24) is 0 Å². The van der Waals surface area contributed by atoms with Crippen molar-refractivity contribution in [2.75, 3.05) is 0 Å². The number of hydrogen-bond acceptors (Lipinski definition) is 0. The molecule has 2 atom stereocenters. The van der Waals surface area contributed by atoms with Crippen LogP contribution in [-0.4, -0.2) is 0 Å². The Morgan fingerprint density at radius 3 is 0.909 bits per heavy atom. The molecule has 0 nitrogen and oxygen atoms in total. The second kappa shape index (κ2) is 45.6. The third-order valence-corrected chi connectivity index (χ3v) is 0.471. The summed E-state index contributed by atoms with van der Waals surface area (Å²) in [5, 5.41) is 0. The predicted molar refractivity (Wildman–Crippen MR) is 62.6 cm³/mol. The SMILES string of the molecule is P.P.[CH2-]C=CC.[CH2-]C=CC.[Ru+2]. The zero-order valence-electron chi connectivity index (χ0n) is 7.49. The van der Waals surface area contributed by atoms with Gasteiger partial charge < -0.3 is 0 Å². The third kappa shape index (κ3) is 111. The van der Waals surface area contributed by atoms with Gasteiger partial charge in [0, 0.05) is 0 Å². The van der Waals surface area contributed by atoms with Crippen LogP contribution in [0.25, 0.3) is 0 Å². The normalized spacial score (nSPS) is 6.73. The fourth-order valence-corrected chi connectivity index (χ4v) is 0. The third-order valence-electron chi connectivity index (χ3n) is 0.471. The van der Waals surface area contributed by atoms with Crippen LogP contribution in [0.4, 0.5) is 0 Å². The molecule has 0 aliphatic rings. The Bertz CT molecular complexity index is 52.5. The summed E-state index contributed by atoms with van der Waals surface area (Å²) in [6, 6.07) is 0. The summed E-state index contributed by atoms with van der Waals surface area (Å²) in [7, 11) is 0. The Morgan fingerprint density at radius 2 is 0.909 bits per heavy atom. The van der Waals surface area contributed by atoms with Crippen molar-refractivity contribution in [2.24, 2.45) is 0 Å². The quantitative estimate of drug-likeness (QED) is 0.363. The standard InChI is InChI=1S/2C4H7.2H3P.Ru/c2*1-3-4-2;;;/h2*3-4H,1H2,2H3;2*1H3;/q2*-1;;;+2. The van der Waals surface area contributed by atoms with Crippen LogP contribution in [-0.2, 0) is 19.5 Å². The topological polar surface area (TPSA) is 0 Å². The first-order valence-corrected chi connectivity index (χ1v) is 2.64. The monoisotopic (exact) mass is 280 g/mol. The zero-order chi connectivity index (χ0) is 6.83. The predicted octanol–water partition coefficient (Wildman–Crippen LogP) is 2.91. The minimum absolute atomic E-state index is 0. The van der Waals surface area contributed by atoms with Gasteiger partial charge in [-0.3, -0.25) is 0 Å². The van der Waals surface area contributed by atoms with Crippen molar-refractivity contribution in [3.05, 3.63) is 38.2 Å². The molecule has 0 radical (unpaired) electrons. The van der Waals surface area contributed by atoms with E-state index in [2.05, 4.69) is 13.8 Å². The maximum Gasteiger partial charge on any atom is 2.00 e. The van der Waals surface area contributed by atoms with Crippen LogP contribution in [0.2, 0.25) is 0 Å². The molecule has 0 bridgehead atoms. The van der Waals surface area contributed by atoms with Crippen LogP contribution in [0.15, 0.2) is 24.3 Å². The van der Waals surface area contributed by atoms with Crippen LogP contribution in [0.1, 0.15) is 13.8 Å². The van der Waals surface area contributed by atoms with Crippen LogP contribution < -0.4 is 0 Å². The van der Waals surface area contributed by atoms with E-state index in [4.69, 9.17) is 0 Å². The average Bonchev–Trinajstić information content (AvgIpc) is 1.88. The van der Waals surface area contributed by atoms with Gasteiger partial charge >= 0.3 is 19.5 Å². The van der Waals surface area contributed by atoms with Gasteiger partial charge in [-0.15, -0.1) is 13.8 Å². The Morgan fingerprint density at radius 1 is 0.818 bits per heavy atom. The Kier molecular flexibility index (Phi) is 124. The van der Waals surface area contributed by atoms with E-state index in [0.717, 1.165) is 0 Å². The van der Waals surface area contributed by atoms with E-state index in [9.17, 15) is 0 Å². The molecule has 70 valence electrons. The van der Waals surface area contributed by atoms with E-state index in [1.165, 1.54) is 0 Å². The largest absolute Gasteiger partial charge is 2.00 e. The van der Waals surface area contributed by atoms with E-state index in [1.54, 1.807) is 12.2 Å². The summed E-state index contributed by atoms with van der Waals surface area (Å²) in [5.41, 5.74) is 0. The van der Waals surface area contributed by atoms with Gasteiger partial charge in [0.15, 0.2) is 0 Å². The molecule has 2 unspecified atom stereocenters. The van der Waals surface area contributed by atoms with Gasteiger partial charge in [-0.2, -0.15) is 19.8 Å². The first-order valence-electron chi connectivity index (χ1n) is 2.64. The fourth-order valence-electron chi connectivity index (χ4n) is 0. The average molecular weight is 279 g/mol. The van der Waals surface area contributed by atoms with Gasteiger partial charge in [0.05, 0.1) is 0 Å². The zero-order valence-corrected chi connectivity index (χ0v) is 12.1. The van der Waals surface area contributed by atoms with Crippen LogP contribution in [0, 0.1) is 13.8 Å². The summed E-state index contributed by atoms with van der Waals surface area (Å²) in [5.74, 6) is 0. The number of rotatable bonds is 0. The van der Waals surface area contributed by atoms with Gasteiger partial charge in [-0.25, -0.2) is 38.2 Å². The van der Waals surface area contributed by atoms with E-state index >= 15 is 0 Å². The summed E-state index contributed by atoms with van der Waals surface area (Å²) in [6.45, 7) is 10.7. The van der Waals surface area contributed by atoms with Gasteiger partial charge in [0.1, 0.15) is 0 Å². The molecule has 0 rings (SSSR count). The summed E-state index contributed by atoms with van der Waals surface area (Å²) in [4.78, 5) is 0. The summed E-state index contributed by atoms with van der Waals surface area (Å²) >= 11 is 0. The Labute approximate surface area is 91.3 Å². The minimum atomic E-state index is 0. The van der Waals surface area contributed by atoms with Crippen molar-refractivity contribution in [3.63, 3.8) is 0 Å². The molecule has 0 N–H and O–H groups in total. The molecule has 0 amide bonds. The van der Waals surface area contributed by atoms with Crippen molar-refractivity contribution in [2.45, 2.75) is 13.8 Å². The minimum Gasteiger partial charge on any atom is -0.245 e. The van der Waals surface area contributed by atoms with E-state index in [0.29, 0.717) is 0 Å². The molecular formula is C8H20P2Ru. The van der Waals surface area contributed by atoms with Crippen LogP contribution in [0.5, 0.6) is 0 Å². The Balaban J connectivity index is -0.0000000171. The van der Waals surface area contributed by atoms with Crippen LogP contribution in [0.3, 0.4) is 0 Å². The first kappa shape index (κ1) is 29.8. The van der Waals surface area contributed by atoms with E-state index in [-0.39, 0.29) is 39.3 Å². The van der Waals surface area contributed by atoms with Crippen molar-refractivity contribution < 1.29 is 19.5 Å². The number of hydrogen-bond donors (Lipinski definition) is 0. The molecule has 0 aromatic carbocycles. The van der Waals surface area contributed by atoms with Crippen molar-refractivity contribution >= 4 is 19.8 Å². The van der Waals surface area contributed by atoms with E-state index in [1.807, 2.05) is 26.0 Å². The molecule has 0 saturated heterocycles. The van der Waals surface area contributed by atoms with E-state index < -0.39 is 0 Å². The van der Waals surface area contributed by atoms with Gasteiger partial charge in [-0.05, 0) is 0 Å². The fraction of sp³-hybridized carbons (Fsp3) is 0.250. The molecule has 0 spiro atoms. The molecule has 11 heavy (non-hydrogen) atoms. The summed E-state index contributed by atoms with van der Waals surface area (Å²) < 4.78 is 0. The maximum atomic E-state index is 3.42. The smallest absolute Gasteiger partial charge is 0.245 e. The molecule has 0 fully saturated rings. The second-order valence-corrected chi connectivity index (χ2v) is 1.14. The molecule has 3 heteroatoms.